The second kappa shape index (κ2) is 2.84. The van der Waals surface area contributed by atoms with Crippen molar-refractivity contribution in [3.8, 4) is 0 Å². The van der Waals surface area contributed by atoms with E-state index in [1.54, 1.807) is 0 Å². The van der Waals surface area contributed by atoms with Crippen LogP contribution in [0.3, 0.4) is 0 Å². The molecule has 10 heavy (non-hydrogen) atoms. The molecule has 0 radical (unpaired) electrons. The van der Waals surface area contributed by atoms with Crippen LogP contribution in [-0.2, 0) is 14.4 Å². The van der Waals surface area contributed by atoms with Gasteiger partial charge >= 0.3 is 5.51 Å². The van der Waals surface area contributed by atoms with Gasteiger partial charge < -0.3 is 0 Å². The van der Waals surface area contributed by atoms with Crippen LogP contribution in [0, 0.1) is 0 Å². The molecule has 0 saturated heterocycles. The number of sulfone groups is 1. The minimum atomic E-state index is -5.29. The normalized spacial score (nSPS) is 13.9. The Morgan fingerprint density at radius 1 is 1.30 bits per heavy atom. The fourth-order valence-electron chi connectivity index (χ4n) is 0.143. The summed E-state index contributed by atoms with van der Waals surface area (Å²) in [5.41, 5.74) is -6.69. The van der Waals surface area contributed by atoms with Gasteiger partial charge in [0.25, 0.3) is 9.84 Å². The smallest absolute Gasteiger partial charge is 0.274 e. The molecule has 0 fully saturated rings. The largest absolute Gasteiger partial charge is 0.498 e. The van der Waals surface area contributed by atoms with Crippen LogP contribution in [0.5, 0.6) is 0 Å². The van der Waals surface area contributed by atoms with E-state index < -0.39 is 29.3 Å². The third-order valence-corrected chi connectivity index (χ3v) is 3.06. The molecule has 0 amide bonds. The monoisotopic (exact) mass is 194 g/mol. The molecule has 0 atom stereocenters. The molecular weight excluding hydrogens is 192 g/mol. The first kappa shape index (κ1) is 9.84. The highest BCUT2D eigenvalue weighted by Crippen LogP contribution is 2.25. The maximum Gasteiger partial charge on any atom is 0.498 e. The lowest BCUT2D eigenvalue weighted by atomic mass is 11.6. The topological polar surface area (TPSA) is 51.2 Å². The molecular formula is C2H2F3O3PS. The Labute approximate surface area is 56.3 Å². The van der Waals surface area contributed by atoms with Gasteiger partial charge in [0.05, 0.1) is 0 Å². The highest BCUT2D eigenvalue weighted by atomic mass is 32.2. The molecule has 0 saturated carbocycles. The Hall–Kier alpha value is -0.160. The maximum absolute atomic E-state index is 11.3. The molecule has 0 aliphatic rings. The zero-order chi connectivity index (χ0) is 8.41. The molecule has 0 rings (SSSR count). The predicted molar refractivity (Wildman–Crippen MR) is 27.4 cm³/mol. The van der Waals surface area contributed by atoms with Gasteiger partial charge in [0.1, 0.15) is 5.49 Å². The number of alkyl halides is 3. The molecule has 0 aromatic rings. The molecule has 60 valence electrons. The van der Waals surface area contributed by atoms with E-state index >= 15 is 0 Å². The van der Waals surface area contributed by atoms with Crippen molar-refractivity contribution in [1.29, 1.82) is 0 Å². The van der Waals surface area contributed by atoms with Crippen LogP contribution in [0.25, 0.3) is 0 Å². The lowest BCUT2D eigenvalue weighted by molar-refractivity contribution is -0.0431. The molecule has 0 aliphatic heterocycles. The quantitative estimate of drug-likeness (QED) is 0.620. The molecule has 3 nitrogen and oxygen atoms in total. The first-order valence-electron chi connectivity index (χ1n) is 1.89. The molecule has 0 spiro atoms. The van der Waals surface area contributed by atoms with E-state index in [4.69, 9.17) is 0 Å². The van der Waals surface area contributed by atoms with E-state index in [-0.39, 0.29) is 0 Å². The second-order valence-electron chi connectivity index (χ2n) is 1.32. The zero-order valence-electron chi connectivity index (χ0n) is 4.42. The van der Waals surface area contributed by atoms with Crippen molar-refractivity contribution >= 4 is 18.3 Å². The lowest BCUT2D eigenvalue weighted by Crippen LogP contribution is -2.23. The van der Waals surface area contributed by atoms with E-state index in [0.717, 1.165) is 0 Å². The standard InChI is InChI=1S/C2H2F3O3PS/c3-2(4,5)10(7,8)1-9-6/h1H2. The highest BCUT2D eigenvalue weighted by molar-refractivity contribution is 7.95. The molecule has 8 heteroatoms. The first-order valence-corrected chi connectivity index (χ1v) is 4.54. The summed E-state index contributed by atoms with van der Waals surface area (Å²) in [5, 5.41) is 0. The summed E-state index contributed by atoms with van der Waals surface area (Å²) in [5.74, 6) is 0. The third-order valence-electron chi connectivity index (χ3n) is 0.575. The minimum Gasteiger partial charge on any atom is -0.274 e. The van der Waals surface area contributed by atoms with Crippen molar-refractivity contribution in [2.75, 3.05) is 5.49 Å². The van der Waals surface area contributed by atoms with Crippen LogP contribution in [-0.4, -0.2) is 19.4 Å². The first-order chi connectivity index (χ1) is 4.31. The average Bonchev–Trinajstić information content (AvgIpc) is 1.61. The number of hydrogen-bond donors (Lipinski definition) is 0. The van der Waals surface area contributed by atoms with Gasteiger partial charge in [-0.25, -0.2) is 8.42 Å². The maximum atomic E-state index is 11.3. The summed E-state index contributed by atoms with van der Waals surface area (Å²) in [7, 11) is -6.22. The van der Waals surface area contributed by atoms with Crippen LogP contribution in [0.4, 0.5) is 13.2 Å². The number of halogens is 3. The predicted octanol–water partition coefficient (Wildman–Crippen LogP) is 1.17. The highest BCUT2D eigenvalue weighted by Gasteiger charge is 2.45. The minimum absolute atomic E-state index is 1.05. The summed E-state index contributed by atoms with van der Waals surface area (Å²) >= 11 is 0. The Kier molecular flexibility index (Phi) is 2.79. The SMILES string of the molecule is O=PCS(=O)(=O)C(F)(F)F. The summed E-state index contributed by atoms with van der Waals surface area (Å²) in [6.45, 7) is 0. The van der Waals surface area contributed by atoms with E-state index in [1.807, 2.05) is 0 Å². The van der Waals surface area contributed by atoms with Crippen molar-refractivity contribution in [3.05, 3.63) is 0 Å². The van der Waals surface area contributed by atoms with Crippen molar-refractivity contribution in [2.45, 2.75) is 5.51 Å². The number of hydrogen-bond acceptors (Lipinski definition) is 3. The lowest BCUT2D eigenvalue weighted by Gasteiger charge is -2.02. The van der Waals surface area contributed by atoms with E-state index in [9.17, 15) is 26.2 Å². The van der Waals surface area contributed by atoms with Crippen LogP contribution in [0.2, 0.25) is 0 Å². The Balaban J connectivity index is 4.59. The van der Waals surface area contributed by atoms with Crippen molar-refractivity contribution < 1.29 is 26.2 Å². The zero-order valence-corrected chi connectivity index (χ0v) is 6.13. The molecule has 0 unspecified atom stereocenters. The van der Waals surface area contributed by atoms with Crippen LogP contribution >= 0.6 is 8.46 Å². The van der Waals surface area contributed by atoms with Gasteiger partial charge in [-0.3, -0.25) is 4.57 Å². The average molecular weight is 194 g/mol. The van der Waals surface area contributed by atoms with Gasteiger partial charge in [0, 0.05) is 0 Å². The van der Waals surface area contributed by atoms with Gasteiger partial charge in [0.2, 0.25) is 0 Å². The van der Waals surface area contributed by atoms with Gasteiger partial charge in [-0.05, 0) is 0 Å². The Morgan fingerprint density at radius 3 is 1.80 bits per heavy atom. The Morgan fingerprint density at radius 2 is 1.70 bits per heavy atom. The van der Waals surface area contributed by atoms with Gasteiger partial charge in [0.15, 0.2) is 8.46 Å². The van der Waals surface area contributed by atoms with Crippen molar-refractivity contribution in [1.82, 2.24) is 0 Å². The second-order valence-corrected chi connectivity index (χ2v) is 4.30. The number of rotatable bonds is 2. The summed E-state index contributed by atoms with van der Waals surface area (Å²) in [6, 6.07) is 0. The summed E-state index contributed by atoms with van der Waals surface area (Å²) in [6.07, 6.45) is 0. The summed E-state index contributed by atoms with van der Waals surface area (Å²) < 4.78 is 63.2. The Bertz CT molecular complexity index is 216. The van der Waals surface area contributed by atoms with Gasteiger partial charge in [-0.1, -0.05) is 0 Å². The molecule has 0 N–H and O–H groups in total. The van der Waals surface area contributed by atoms with Crippen molar-refractivity contribution in [3.63, 3.8) is 0 Å². The molecule has 0 bridgehead atoms. The van der Waals surface area contributed by atoms with Gasteiger partial charge in [-0.15, -0.1) is 0 Å². The fourth-order valence-corrected chi connectivity index (χ4v) is 1.28. The van der Waals surface area contributed by atoms with Crippen molar-refractivity contribution in [2.24, 2.45) is 0 Å². The van der Waals surface area contributed by atoms with Crippen LogP contribution in [0.1, 0.15) is 0 Å². The molecule has 0 aliphatic carbocycles. The van der Waals surface area contributed by atoms with E-state index in [1.165, 1.54) is 0 Å². The third kappa shape index (κ3) is 2.22. The van der Waals surface area contributed by atoms with E-state index in [2.05, 4.69) is 0 Å². The van der Waals surface area contributed by atoms with E-state index in [0.29, 0.717) is 0 Å². The van der Waals surface area contributed by atoms with Crippen LogP contribution in [0.15, 0.2) is 0 Å². The molecule has 0 aromatic carbocycles. The molecule has 0 heterocycles. The molecule has 0 aromatic heterocycles. The van der Waals surface area contributed by atoms with Gasteiger partial charge in [-0.2, -0.15) is 13.2 Å². The fraction of sp³-hybridized carbons (Fsp3) is 1.00. The summed E-state index contributed by atoms with van der Waals surface area (Å²) in [4.78, 5) is 0. The van der Waals surface area contributed by atoms with Crippen LogP contribution < -0.4 is 0 Å².